The molecule has 0 aliphatic rings. The maximum absolute atomic E-state index is 12.3. The smallest absolute Gasteiger partial charge is 0.255 e. The van der Waals surface area contributed by atoms with Crippen LogP contribution in [-0.2, 0) is 4.79 Å². The van der Waals surface area contributed by atoms with Crippen LogP contribution in [0.4, 0.5) is 11.4 Å². The predicted octanol–water partition coefficient (Wildman–Crippen LogP) is 3.68. The van der Waals surface area contributed by atoms with Crippen LogP contribution < -0.4 is 21.1 Å². The number of ether oxygens (including phenoxy) is 1. The second-order valence-corrected chi connectivity index (χ2v) is 6.49. The van der Waals surface area contributed by atoms with E-state index in [2.05, 4.69) is 10.6 Å². The summed E-state index contributed by atoms with van der Waals surface area (Å²) in [5.41, 5.74) is 7.64. The molecule has 0 bridgehead atoms. The number of methoxy groups -OCH3 is 1. The van der Waals surface area contributed by atoms with Gasteiger partial charge in [-0.2, -0.15) is 0 Å². The number of hydrogen-bond acceptors (Lipinski definition) is 4. The minimum absolute atomic E-state index is 0. The molecule has 0 saturated carbocycles. The summed E-state index contributed by atoms with van der Waals surface area (Å²) in [6.45, 7) is 4.03. The lowest BCUT2D eigenvalue weighted by molar-refractivity contribution is -0.117. The quantitative estimate of drug-likeness (QED) is 0.671. The molecule has 0 aromatic heterocycles. The predicted molar refractivity (Wildman–Crippen MR) is 111 cm³/mol. The van der Waals surface area contributed by atoms with E-state index in [0.29, 0.717) is 29.3 Å². The van der Waals surface area contributed by atoms with Gasteiger partial charge < -0.3 is 21.1 Å². The summed E-state index contributed by atoms with van der Waals surface area (Å²) < 4.78 is 5.09. The van der Waals surface area contributed by atoms with Crippen molar-refractivity contribution in [2.75, 3.05) is 17.7 Å². The molecule has 27 heavy (non-hydrogen) atoms. The highest BCUT2D eigenvalue weighted by Crippen LogP contribution is 2.17. The van der Waals surface area contributed by atoms with Gasteiger partial charge >= 0.3 is 0 Å². The van der Waals surface area contributed by atoms with Crippen molar-refractivity contribution in [3.63, 3.8) is 0 Å². The Morgan fingerprint density at radius 2 is 1.48 bits per heavy atom. The molecule has 2 rings (SSSR count). The molecule has 0 radical (unpaired) electrons. The van der Waals surface area contributed by atoms with Crippen LogP contribution in [0.1, 0.15) is 30.6 Å². The third-order valence-electron chi connectivity index (χ3n) is 3.82. The zero-order valence-electron chi connectivity index (χ0n) is 15.7. The summed E-state index contributed by atoms with van der Waals surface area (Å²) >= 11 is 0. The van der Waals surface area contributed by atoms with Gasteiger partial charge in [0.25, 0.3) is 5.91 Å². The van der Waals surface area contributed by atoms with Gasteiger partial charge in [-0.05, 0) is 60.9 Å². The first-order valence-electron chi connectivity index (χ1n) is 8.51. The van der Waals surface area contributed by atoms with E-state index < -0.39 is 6.04 Å². The summed E-state index contributed by atoms with van der Waals surface area (Å²) in [6, 6.07) is 13.2. The lowest BCUT2D eigenvalue weighted by Crippen LogP contribution is -2.36. The second-order valence-electron chi connectivity index (χ2n) is 6.49. The Bertz CT molecular complexity index is 746. The molecule has 0 aliphatic carbocycles. The fourth-order valence-electron chi connectivity index (χ4n) is 2.43. The Morgan fingerprint density at radius 1 is 0.963 bits per heavy atom. The number of hydrogen-bond donors (Lipinski definition) is 3. The molecule has 0 unspecified atom stereocenters. The number of nitrogens with two attached hydrogens (primary N) is 1. The van der Waals surface area contributed by atoms with Gasteiger partial charge in [-0.25, -0.2) is 0 Å². The third-order valence-corrected chi connectivity index (χ3v) is 3.82. The Morgan fingerprint density at radius 3 is 2.00 bits per heavy atom. The zero-order valence-corrected chi connectivity index (χ0v) is 16.5. The van der Waals surface area contributed by atoms with Gasteiger partial charge in [0.15, 0.2) is 0 Å². The van der Waals surface area contributed by atoms with Gasteiger partial charge in [0.05, 0.1) is 13.2 Å². The Kier molecular flexibility index (Phi) is 8.78. The number of amides is 2. The Labute approximate surface area is 165 Å². The van der Waals surface area contributed by atoms with Crippen molar-refractivity contribution in [1.29, 1.82) is 0 Å². The van der Waals surface area contributed by atoms with E-state index in [1.807, 2.05) is 13.8 Å². The van der Waals surface area contributed by atoms with E-state index >= 15 is 0 Å². The van der Waals surface area contributed by atoms with Crippen molar-refractivity contribution in [3.05, 3.63) is 54.1 Å². The Hall–Kier alpha value is -2.57. The number of anilines is 2. The molecular formula is C20H26ClN3O3. The molecule has 1 atom stereocenters. The normalized spacial score (nSPS) is 11.3. The molecule has 0 spiro atoms. The molecule has 0 fully saturated rings. The highest BCUT2D eigenvalue weighted by atomic mass is 35.5. The van der Waals surface area contributed by atoms with Crippen LogP contribution in [0.5, 0.6) is 5.75 Å². The summed E-state index contributed by atoms with van der Waals surface area (Å²) in [4.78, 5) is 24.3. The summed E-state index contributed by atoms with van der Waals surface area (Å²) in [5.74, 6) is 0.609. The zero-order chi connectivity index (χ0) is 19.1. The van der Waals surface area contributed by atoms with E-state index in [1.165, 1.54) is 0 Å². The number of carbonyl (C=O) groups is 2. The van der Waals surface area contributed by atoms with Gasteiger partial charge in [0, 0.05) is 16.9 Å². The van der Waals surface area contributed by atoms with Gasteiger partial charge in [-0.3, -0.25) is 9.59 Å². The van der Waals surface area contributed by atoms with Crippen molar-refractivity contribution in [1.82, 2.24) is 0 Å². The van der Waals surface area contributed by atoms with E-state index in [-0.39, 0.29) is 24.2 Å². The van der Waals surface area contributed by atoms with Crippen molar-refractivity contribution in [2.45, 2.75) is 26.3 Å². The fraction of sp³-hybridized carbons (Fsp3) is 0.300. The number of rotatable bonds is 7. The first kappa shape index (κ1) is 22.5. The van der Waals surface area contributed by atoms with E-state index in [4.69, 9.17) is 10.5 Å². The van der Waals surface area contributed by atoms with Gasteiger partial charge in [0.1, 0.15) is 5.75 Å². The minimum atomic E-state index is -0.548. The third kappa shape index (κ3) is 6.92. The molecular weight excluding hydrogens is 366 g/mol. The molecule has 4 N–H and O–H groups in total. The fourth-order valence-corrected chi connectivity index (χ4v) is 2.43. The topological polar surface area (TPSA) is 93.5 Å². The first-order valence-corrected chi connectivity index (χ1v) is 8.51. The minimum Gasteiger partial charge on any atom is -0.497 e. The molecule has 2 aromatic rings. The summed E-state index contributed by atoms with van der Waals surface area (Å²) in [6.07, 6.45) is 0.619. The maximum Gasteiger partial charge on any atom is 0.255 e. The molecule has 0 aliphatic heterocycles. The summed E-state index contributed by atoms with van der Waals surface area (Å²) in [7, 11) is 1.59. The molecule has 0 saturated heterocycles. The first-order chi connectivity index (χ1) is 12.4. The highest BCUT2D eigenvalue weighted by Gasteiger charge is 2.15. The van der Waals surface area contributed by atoms with Crippen molar-refractivity contribution in [3.8, 4) is 5.75 Å². The monoisotopic (exact) mass is 391 g/mol. The molecule has 7 heteroatoms. The number of nitrogens with one attached hydrogen (secondary N) is 2. The molecule has 146 valence electrons. The van der Waals surface area contributed by atoms with Crippen LogP contribution >= 0.6 is 12.4 Å². The van der Waals surface area contributed by atoms with Crippen LogP contribution in [0.15, 0.2) is 48.5 Å². The SMILES string of the molecule is COc1ccc(NC(=O)c2ccc(NC(=O)[C@@H](N)CC(C)C)cc2)cc1.Cl. The van der Waals surface area contributed by atoms with Crippen molar-refractivity contribution >= 4 is 35.6 Å². The average molecular weight is 392 g/mol. The molecule has 2 amide bonds. The maximum atomic E-state index is 12.3. The van der Waals surface area contributed by atoms with Gasteiger partial charge in [-0.1, -0.05) is 13.8 Å². The summed E-state index contributed by atoms with van der Waals surface area (Å²) in [5, 5.41) is 5.57. The highest BCUT2D eigenvalue weighted by molar-refractivity contribution is 6.04. The molecule has 0 heterocycles. The second kappa shape index (κ2) is 10.5. The van der Waals surface area contributed by atoms with Gasteiger partial charge in [0.2, 0.25) is 5.91 Å². The largest absolute Gasteiger partial charge is 0.497 e. The Balaban J connectivity index is 0.00000364. The lowest BCUT2D eigenvalue weighted by atomic mass is 10.0. The number of halogens is 1. The van der Waals surface area contributed by atoms with Crippen molar-refractivity contribution in [2.24, 2.45) is 11.7 Å². The van der Waals surface area contributed by atoms with Crippen LogP contribution in [0, 0.1) is 5.92 Å². The van der Waals surface area contributed by atoms with Crippen LogP contribution in [-0.4, -0.2) is 25.0 Å². The van der Waals surface area contributed by atoms with Crippen LogP contribution in [0.25, 0.3) is 0 Å². The average Bonchev–Trinajstić information content (AvgIpc) is 2.62. The van der Waals surface area contributed by atoms with Gasteiger partial charge in [-0.15, -0.1) is 12.4 Å². The molecule has 2 aromatic carbocycles. The lowest BCUT2D eigenvalue weighted by Gasteiger charge is -2.14. The number of benzene rings is 2. The van der Waals surface area contributed by atoms with E-state index in [0.717, 1.165) is 5.75 Å². The number of carbonyl (C=O) groups excluding carboxylic acids is 2. The van der Waals surface area contributed by atoms with Crippen LogP contribution in [0.2, 0.25) is 0 Å². The van der Waals surface area contributed by atoms with Crippen molar-refractivity contribution < 1.29 is 14.3 Å². The standard InChI is InChI=1S/C20H25N3O3.ClH/c1-13(2)12-18(21)20(25)23-15-6-4-14(5-7-15)19(24)22-16-8-10-17(26-3)11-9-16;/h4-11,13,18H,12,21H2,1-3H3,(H,22,24)(H,23,25);1H/t18-;/m0./s1. The molecule has 6 nitrogen and oxygen atoms in total. The van der Waals surface area contributed by atoms with E-state index in [1.54, 1.807) is 55.6 Å². The van der Waals surface area contributed by atoms with E-state index in [9.17, 15) is 9.59 Å². The van der Waals surface area contributed by atoms with Crippen LogP contribution in [0.3, 0.4) is 0 Å².